The number of fused-ring (bicyclic) bond motifs is 3. The Labute approximate surface area is 98.5 Å². The minimum atomic E-state index is -3.03. The van der Waals surface area contributed by atoms with Crippen molar-refractivity contribution >= 4 is 5.78 Å². The van der Waals surface area contributed by atoms with Crippen molar-refractivity contribution in [2.75, 3.05) is 33.4 Å². The summed E-state index contributed by atoms with van der Waals surface area (Å²) in [6.45, 7) is 0.673. The van der Waals surface area contributed by atoms with Crippen LogP contribution >= 0.6 is 0 Å². The number of rotatable bonds is 3. The zero-order valence-corrected chi connectivity index (χ0v) is 10.0. The van der Waals surface area contributed by atoms with Gasteiger partial charge in [0.15, 0.2) is 5.78 Å². The van der Waals surface area contributed by atoms with Crippen molar-refractivity contribution in [1.29, 1.82) is 0 Å². The molecular formula is C11H17F2NO3. The average Bonchev–Trinajstić information content (AvgIpc) is 2.27. The summed E-state index contributed by atoms with van der Waals surface area (Å²) in [7, 11) is 1.40. The number of ether oxygens (including phenoxy) is 1. The fraction of sp³-hybridized carbons (Fsp3) is 0.909. The number of aliphatic hydroxyl groups is 1. The van der Waals surface area contributed by atoms with Crippen LogP contribution in [0.2, 0.25) is 0 Å². The Kier molecular flexibility index (Phi) is 2.80. The Bertz CT molecular complexity index is 350. The van der Waals surface area contributed by atoms with Gasteiger partial charge < -0.3 is 9.84 Å². The predicted molar refractivity (Wildman–Crippen MR) is 55.9 cm³/mol. The third kappa shape index (κ3) is 1.41. The van der Waals surface area contributed by atoms with Crippen LogP contribution in [0.4, 0.5) is 8.78 Å². The number of aliphatic hydroxyl groups excluding tert-OH is 1. The predicted octanol–water partition coefficient (Wildman–Crippen LogP) is 0.294. The zero-order valence-electron chi connectivity index (χ0n) is 10.0. The number of carbonyl (C=O) groups excluding carboxylic acids is 1. The van der Waals surface area contributed by atoms with Crippen LogP contribution in [0.1, 0.15) is 13.3 Å². The van der Waals surface area contributed by atoms with E-state index in [0.29, 0.717) is 6.54 Å². The summed E-state index contributed by atoms with van der Waals surface area (Å²) in [6, 6.07) is 0. The van der Waals surface area contributed by atoms with Crippen molar-refractivity contribution in [3.63, 3.8) is 0 Å². The van der Waals surface area contributed by atoms with E-state index < -0.39 is 35.8 Å². The molecule has 0 aliphatic carbocycles. The third-order valence-electron chi connectivity index (χ3n) is 4.25. The van der Waals surface area contributed by atoms with Gasteiger partial charge in [-0.2, -0.15) is 0 Å². The second-order valence-corrected chi connectivity index (χ2v) is 5.16. The lowest BCUT2D eigenvalue weighted by atomic mass is 9.62. The maximum atomic E-state index is 13.9. The third-order valence-corrected chi connectivity index (χ3v) is 4.25. The number of halogens is 2. The molecule has 3 fully saturated rings. The second kappa shape index (κ2) is 3.70. The summed E-state index contributed by atoms with van der Waals surface area (Å²) in [5, 5.41) is 9.46. The SMILES string of the molecule is COC[C@@]1(CO)C(=O)[C@@]2(C)CCN1CC2(F)F. The van der Waals surface area contributed by atoms with E-state index in [-0.39, 0.29) is 13.0 Å². The minimum absolute atomic E-state index is 0.0476. The second-order valence-electron chi connectivity index (χ2n) is 5.16. The molecule has 1 N–H and O–H groups in total. The smallest absolute Gasteiger partial charge is 0.272 e. The van der Waals surface area contributed by atoms with E-state index >= 15 is 0 Å². The number of methoxy groups -OCH3 is 1. The minimum Gasteiger partial charge on any atom is -0.394 e. The first-order chi connectivity index (χ1) is 7.84. The van der Waals surface area contributed by atoms with Crippen LogP contribution in [0.15, 0.2) is 0 Å². The first kappa shape index (κ1) is 12.9. The number of alkyl halides is 2. The van der Waals surface area contributed by atoms with E-state index in [1.807, 2.05) is 0 Å². The van der Waals surface area contributed by atoms with Crippen molar-refractivity contribution in [2.24, 2.45) is 5.41 Å². The van der Waals surface area contributed by atoms with Crippen molar-refractivity contribution in [1.82, 2.24) is 4.90 Å². The number of Topliss-reactive ketones (excluding diaryl/α,β-unsaturated/α-hetero) is 1. The molecule has 3 heterocycles. The van der Waals surface area contributed by atoms with Gasteiger partial charge >= 0.3 is 0 Å². The molecule has 3 atom stereocenters. The Morgan fingerprint density at radius 2 is 2.18 bits per heavy atom. The number of hydrogen-bond donors (Lipinski definition) is 1. The van der Waals surface area contributed by atoms with Crippen LogP contribution in [0.5, 0.6) is 0 Å². The number of ketones is 1. The fourth-order valence-electron chi connectivity index (χ4n) is 2.95. The quantitative estimate of drug-likeness (QED) is 0.781. The highest BCUT2D eigenvalue weighted by Crippen LogP contribution is 2.53. The van der Waals surface area contributed by atoms with Gasteiger partial charge in [0.1, 0.15) is 5.54 Å². The first-order valence-corrected chi connectivity index (χ1v) is 5.62. The molecular weight excluding hydrogens is 232 g/mol. The molecule has 6 heteroatoms. The van der Waals surface area contributed by atoms with Gasteiger partial charge in [0, 0.05) is 13.7 Å². The van der Waals surface area contributed by atoms with E-state index in [9.17, 15) is 18.7 Å². The lowest BCUT2D eigenvalue weighted by Gasteiger charge is -2.58. The average molecular weight is 249 g/mol. The summed E-state index contributed by atoms with van der Waals surface area (Å²) in [5.41, 5.74) is -2.97. The lowest BCUT2D eigenvalue weighted by Crippen LogP contribution is -2.78. The molecule has 0 spiro atoms. The molecule has 0 amide bonds. The van der Waals surface area contributed by atoms with Crippen molar-refractivity contribution in [3.05, 3.63) is 0 Å². The van der Waals surface area contributed by atoms with Crippen molar-refractivity contribution < 1.29 is 23.4 Å². The molecule has 3 saturated heterocycles. The lowest BCUT2D eigenvalue weighted by molar-refractivity contribution is -0.231. The first-order valence-electron chi connectivity index (χ1n) is 5.62. The van der Waals surface area contributed by atoms with Crippen LogP contribution in [0, 0.1) is 5.41 Å². The van der Waals surface area contributed by atoms with Gasteiger partial charge in [0.2, 0.25) is 0 Å². The molecule has 98 valence electrons. The largest absolute Gasteiger partial charge is 0.394 e. The highest BCUT2D eigenvalue weighted by Gasteiger charge is 2.70. The van der Waals surface area contributed by atoms with Gasteiger partial charge in [-0.25, -0.2) is 8.78 Å². The molecule has 17 heavy (non-hydrogen) atoms. The molecule has 0 aromatic heterocycles. The van der Waals surface area contributed by atoms with Crippen molar-refractivity contribution in [2.45, 2.75) is 24.8 Å². The molecule has 3 rings (SSSR count). The molecule has 4 nitrogen and oxygen atoms in total. The van der Waals surface area contributed by atoms with Gasteiger partial charge in [0.25, 0.3) is 5.92 Å². The highest BCUT2D eigenvalue weighted by atomic mass is 19.3. The Morgan fingerprint density at radius 3 is 2.65 bits per heavy atom. The number of piperidine rings is 3. The van der Waals surface area contributed by atoms with Gasteiger partial charge in [-0.05, 0) is 13.3 Å². The summed E-state index contributed by atoms with van der Waals surface area (Å²) in [4.78, 5) is 13.7. The molecule has 3 aliphatic heterocycles. The number of carbonyl (C=O) groups is 1. The van der Waals surface area contributed by atoms with Gasteiger partial charge in [-0.15, -0.1) is 0 Å². The maximum Gasteiger partial charge on any atom is 0.272 e. The topological polar surface area (TPSA) is 49.8 Å². The maximum absolute atomic E-state index is 13.9. The molecule has 1 unspecified atom stereocenters. The molecule has 0 radical (unpaired) electrons. The summed E-state index contributed by atoms with van der Waals surface area (Å²) < 4.78 is 32.7. The molecule has 0 aromatic carbocycles. The van der Waals surface area contributed by atoms with E-state index in [2.05, 4.69) is 0 Å². The van der Waals surface area contributed by atoms with Crippen LogP contribution in [0.3, 0.4) is 0 Å². The van der Waals surface area contributed by atoms with E-state index in [1.165, 1.54) is 18.9 Å². The van der Waals surface area contributed by atoms with Crippen LogP contribution < -0.4 is 0 Å². The van der Waals surface area contributed by atoms with Crippen molar-refractivity contribution in [3.8, 4) is 0 Å². The van der Waals surface area contributed by atoms with E-state index in [0.717, 1.165) is 0 Å². The molecule has 3 aliphatic rings. The monoisotopic (exact) mass is 249 g/mol. The molecule has 0 aromatic rings. The Balaban J connectivity index is 2.45. The van der Waals surface area contributed by atoms with Gasteiger partial charge in [0.05, 0.1) is 25.2 Å². The number of hydrogen-bond acceptors (Lipinski definition) is 4. The van der Waals surface area contributed by atoms with Crippen LogP contribution in [-0.2, 0) is 9.53 Å². The van der Waals surface area contributed by atoms with Gasteiger partial charge in [-0.3, -0.25) is 9.69 Å². The van der Waals surface area contributed by atoms with Gasteiger partial charge in [-0.1, -0.05) is 0 Å². The number of nitrogens with zero attached hydrogens (tertiary/aromatic N) is 1. The van der Waals surface area contributed by atoms with E-state index in [4.69, 9.17) is 4.74 Å². The summed E-state index contributed by atoms with van der Waals surface area (Å²) in [5.74, 6) is -3.63. The molecule has 2 bridgehead atoms. The summed E-state index contributed by atoms with van der Waals surface area (Å²) in [6.07, 6.45) is 0.129. The van der Waals surface area contributed by atoms with Crippen LogP contribution in [-0.4, -0.2) is 60.7 Å². The summed E-state index contributed by atoms with van der Waals surface area (Å²) >= 11 is 0. The van der Waals surface area contributed by atoms with Crippen LogP contribution in [0.25, 0.3) is 0 Å². The fourth-order valence-corrected chi connectivity index (χ4v) is 2.95. The normalized spacial score (nSPS) is 44.1. The highest BCUT2D eigenvalue weighted by molar-refractivity contribution is 5.96. The zero-order chi connectivity index (χ0) is 12.9. The molecule has 0 saturated carbocycles. The standard InChI is InChI=1S/C11H17F2NO3/c1-9-3-4-14(5-11(9,12)13)10(6-15,7-17-2)8(9)16/h15H,3-7H2,1-2H3/t9-,10+/m1/s1. The Hall–Kier alpha value is -0.590. The van der Waals surface area contributed by atoms with E-state index in [1.54, 1.807) is 0 Å². The Morgan fingerprint density at radius 1 is 1.53 bits per heavy atom.